The monoisotopic (exact) mass is 290 g/mol. The highest BCUT2D eigenvalue weighted by Crippen LogP contribution is 2.25. The Morgan fingerprint density at radius 3 is 2.48 bits per heavy atom. The lowest BCUT2D eigenvalue weighted by Crippen LogP contribution is -2.54. The fourth-order valence-corrected chi connectivity index (χ4v) is 2.13. The van der Waals surface area contributed by atoms with Crippen LogP contribution in [0.3, 0.4) is 0 Å². The third-order valence-corrected chi connectivity index (χ3v) is 3.19. The second-order valence-electron chi connectivity index (χ2n) is 5.20. The number of carbonyl (C=O) groups is 3. The quantitative estimate of drug-likeness (QED) is 0.827. The fourth-order valence-electron chi connectivity index (χ4n) is 2.13. The summed E-state index contributed by atoms with van der Waals surface area (Å²) in [6.07, 6.45) is 0. The Morgan fingerprint density at radius 2 is 1.86 bits per heavy atom. The van der Waals surface area contributed by atoms with Crippen molar-refractivity contribution in [2.24, 2.45) is 0 Å². The highest BCUT2D eigenvalue weighted by atomic mass is 16.5. The normalized spacial score (nSPS) is 15.1. The molecule has 3 amide bonds. The second-order valence-corrected chi connectivity index (χ2v) is 5.20. The molecular weight excluding hydrogens is 272 g/mol. The van der Waals surface area contributed by atoms with Crippen LogP contribution >= 0.6 is 0 Å². The van der Waals surface area contributed by atoms with Gasteiger partial charge < -0.3 is 9.64 Å². The summed E-state index contributed by atoms with van der Waals surface area (Å²) < 4.78 is 5.55. The topological polar surface area (TPSA) is 75.7 Å². The molecule has 1 fully saturated rings. The summed E-state index contributed by atoms with van der Waals surface area (Å²) in [7, 11) is 0. The summed E-state index contributed by atoms with van der Waals surface area (Å²) in [5.41, 5.74) is 1.01. The number of amides is 3. The molecule has 0 radical (unpaired) electrons. The van der Waals surface area contributed by atoms with E-state index in [-0.39, 0.29) is 31.5 Å². The van der Waals surface area contributed by atoms with E-state index in [4.69, 9.17) is 4.74 Å². The fraction of sp³-hybridized carbons (Fsp3) is 0.400. The highest BCUT2D eigenvalue weighted by molar-refractivity contribution is 6.02. The maximum Gasteiger partial charge on any atom is 0.261 e. The molecule has 0 spiro atoms. The van der Waals surface area contributed by atoms with Gasteiger partial charge in [0.1, 0.15) is 18.8 Å². The number of carbonyl (C=O) groups excluding carboxylic acids is 3. The molecule has 1 aromatic rings. The number of hydrogen-bond donors (Lipinski definition) is 1. The van der Waals surface area contributed by atoms with Crippen molar-refractivity contribution in [2.45, 2.75) is 19.8 Å². The number of rotatable bonds is 4. The van der Waals surface area contributed by atoms with E-state index in [9.17, 15) is 14.4 Å². The number of ether oxygens (including phenoxy) is 1. The third-order valence-electron chi connectivity index (χ3n) is 3.19. The van der Waals surface area contributed by atoms with E-state index in [1.807, 2.05) is 32.0 Å². The van der Waals surface area contributed by atoms with Gasteiger partial charge in [0, 0.05) is 0 Å². The van der Waals surface area contributed by atoms with E-state index in [0.717, 1.165) is 5.56 Å². The Bertz CT molecular complexity index is 553. The minimum absolute atomic E-state index is 0.111. The minimum atomic E-state index is -0.470. The van der Waals surface area contributed by atoms with E-state index >= 15 is 0 Å². The van der Waals surface area contributed by atoms with Crippen LogP contribution in [0.5, 0.6) is 5.75 Å². The van der Waals surface area contributed by atoms with Crippen molar-refractivity contribution in [1.82, 2.24) is 10.2 Å². The first-order valence-electron chi connectivity index (χ1n) is 6.79. The average Bonchev–Trinajstić information content (AvgIpc) is 2.43. The van der Waals surface area contributed by atoms with Crippen molar-refractivity contribution in [1.29, 1.82) is 0 Å². The predicted molar refractivity (Wildman–Crippen MR) is 75.8 cm³/mol. The Balaban J connectivity index is 1.98. The molecule has 1 heterocycles. The molecule has 6 nitrogen and oxygen atoms in total. The zero-order valence-electron chi connectivity index (χ0n) is 12.1. The van der Waals surface area contributed by atoms with Gasteiger partial charge in [-0.2, -0.15) is 0 Å². The summed E-state index contributed by atoms with van der Waals surface area (Å²) in [6, 6.07) is 7.50. The smallest absolute Gasteiger partial charge is 0.261 e. The maximum atomic E-state index is 12.0. The molecule has 1 saturated heterocycles. The molecule has 0 atom stereocenters. The van der Waals surface area contributed by atoms with Gasteiger partial charge in [-0.05, 0) is 17.5 Å². The lowest BCUT2D eigenvalue weighted by molar-refractivity contribution is -0.146. The van der Waals surface area contributed by atoms with E-state index in [2.05, 4.69) is 5.32 Å². The third kappa shape index (κ3) is 3.81. The number of para-hydroxylation sites is 1. The van der Waals surface area contributed by atoms with Gasteiger partial charge >= 0.3 is 0 Å². The van der Waals surface area contributed by atoms with Crippen molar-refractivity contribution in [3.8, 4) is 5.75 Å². The standard InChI is InChI=1S/C15H18N2O4/c1-10(2)11-5-3-4-6-12(11)21-9-15(20)17-7-13(18)16-14(19)8-17/h3-6,10H,7-9H2,1-2H3,(H,16,18,19). The molecular formula is C15H18N2O4. The van der Waals surface area contributed by atoms with Crippen LogP contribution in [0.1, 0.15) is 25.3 Å². The van der Waals surface area contributed by atoms with Crippen molar-refractivity contribution in [2.75, 3.05) is 19.7 Å². The van der Waals surface area contributed by atoms with Crippen LogP contribution in [0.15, 0.2) is 24.3 Å². The molecule has 0 unspecified atom stereocenters. The molecule has 2 rings (SSSR count). The molecule has 0 saturated carbocycles. The lowest BCUT2D eigenvalue weighted by atomic mass is 10.0. The van der Waals surface area contributed by atoms with Gasteiger partial charge in [-0.1, -0.05) is 32.0 Å². The number of nitrogens with zero attached hydrogens (tertiary/aromatic N) is 1. The molecule has 112 valence electrons. The van der Waals surface area contributed by atoms with E-state index in [0.29, 0.717) is 5.75 Å². The van der Waals surface area contributed by atoms with Gasteiger partial charge in [-0.15, -0.1) is 0 Å². The van der Waals surface area contributed by atoms with Crippen LogP contribution in [0.2, 0.25) is 0 Å². The van der Waals surface area contributed by atoms with E-state index in [1.165, 1.54) is 4.90 Å². The van der Waals surface area contributed by atoms with Crippen molar-refractivity contribution in [3.05, 3.63) is 29.8 Å². The number of nitrogens with one attached hydrogen (secondary N) is 1. The second kappa shape index (κ2) is 6.39. The largest absolute Gasteiger partial charge is 0.483 e. The van der Waals surface area contributed by atoms with Gasteiger partial charge in [-0.25, -0.2) is 0 Å². The average molecular weight is 290 g/mol. The molecule has 6 heteroatoms. The van der Waals surface area contributed by atoms with Crippen LogP contribution in [-0.4, -0.2) is 42.3 Å². The molecule has 0 bridgehead atoms. The number of benzene rings is 1. The number of hydrogen-bond acceptors (Lipinski definition) is 4. The van der Waals surface area contributed by atoms with Gasteiger partial charge in [0.25, 0.3) is 5.91 Å². The number of piperazine rings is 1. The van der Waals surface area contributed by atoms with Gasteiger partial charge in [-0.3, -0.25) is 19.7 Å². The van der Waals surface area contributed by atoms with Crippen LogP contribution in [0.25, 0.3) is 0 Å². The molecule has 0 aliphatic carbocycles. The van der Waals surface area contributed by atoms with Crippen molar-refractivity contribution in [3.63, 3.8) is 0 Å². The van der Waals surface area contributed by atoms with Crippen LogP contribution in [-0.2, 0) is 14.4 Å². The van der Waals surface area contributed by atoms with E-state index in [1.54, 1.807) is 6.07 Å². The van der Waals surface area contributed by atoms with Gasteiger partial charge in [0.05, 0.1) is 0 Å². The predicted octanol–water partition coefficient (Wildman–Crippen LogP) is 0.674. The zero-order valence-corrected chi connectivity index (χ0v) is 12.1. The summed E-state index contributed by atoms with van der Waals surface area (Å²) in [5.74, 6) is -0.395. The first-order chi connectivity index (χ1) is 9.97. The molecule has 1 aromatic carbocycles. The first kappa shape index (κ1) is 15.0. The Morgan fingerprint density at radius 1 is 1.24 bits per heavy atom. The molecule has 1 N–H and O–H groups in total. The Hall–Kier alpha value is -2.37. The SMILES string of the molecule is CC(C)c1ccccc1OCC(=O)N1CC(=O)NC(=O)C1. The molecule has 1 aliphatic rings. The Kier molecular flexibility index (Phi) is 4.57. The van der Waals surface area contributed by atoms with Crippen LogP contribution < -0.4 is 10.1 Å². The molecule has 21 heavy (non-hydrogen) atoms. The summed E-state index contributed by atoms with van der Waals surface area (Å²) in [6.45, 7) is 3.67. The minimum Gasteiger partial charge on any atom is -0.483 e. The molecule has 1 aliphatic heterocycles. The van der Waals surface area contributed by atoms with Crippen molar-refractivity contribution >= 4 is 17.7 Å². The summed E-state index contributed by atoms with van der Waals surface area (Å²) in [5, 5.41) is 2.15. The maximum absolute atomic E-state index is 12.0. The van der Waals surface area contributed by atoms with Crippen LogP contribution in [0.4, 0.5) is 0 Å². The first-order valence-corrected chi connectivity index (χ1v) is 6.79. The number of imide groups is 1. The summed E-state index contributed by atoms with van der Waals surface area (Å²) >= 11 is 0. The van der Waals surface area contributed by atoms with E-state index < -0.39 is 11.8 Å². The lowest BCUT2D eigenvalue weighted by Gasteiger charge is -2.25. The summed E-state index contributed by atoms with van der Waals surface area (Å²) in [4.78, 5) is 35.7. The highest BCUT2D eigenvalue weighted by Gasteiger charge is 2.26. The molecule has 0 aromatic heterocycles. The van der Waals surface area contributed by atoms with Crippen molar-refractivity contribution < 1.29 is 19.1 Å². The van der Waals surface area contributed by atoms with Gasteiger partial charge in [0.2, 0.25) is 11.8 Å². The Labute approximate surface area is 123 Å². The van der Waals surface area contributed by atoms with Crippen LogP contribution in [0, 0.1) is 0 Å². The zero-order chi connectivity index (χ0) is 15.4. The van der Waals surface area contributed by atoms with Gasteiger partial charge in [0.15, 0.2) is 6.61 Å².